The molecule has 0 N–H and O–H groups in total. The van der Waals surface area contributed by atoms with Crippen LogP contribution >= 0.6 is 34.0 Å². The predicted octanol–water partition coefficient (Wildman–Crippen LogP) is 38.3. The summed E-state index contributed by atoms with van der Waals surface area (Å²) in [5.74, 6) is 0. The number of para-hydroxylation sites is 6. The molecule has 5 nitrogen and oxygen atoms in total. The lowest BCUT2D eigenvalue weighted by molar-refractivity contribution is 1.18. The molecule has 0 aliphatic heterocycles. The fourth-order valence-electron chi connectivity index (χ4n) is 21.3. The fourth-order valence-corrected chi connectivity index (χ4v) is 23.6. The molecule has 21 aromatic carbocycles. The summed E-state index contributed by atoms with van der Waals surface area (Å²) >= 11 is 5.36. The van der Waals surface area contributed by atoms with E-state index in [-0.39, 0.29) is 0 Å². The molecule has 6 heterocycles. The third-order valence-corrected chi connectivity index (χ3v) is 30.6. The van der Waals surface area contributed by atoms with Crippen LogP contribution in [0, 0.1) is 0 Å². The molecule has 0 spiro atoms. The number of fused-ring (bicyclic) bond motifs is 12. The van der Waals surface area contributed by atoms with E-state index in [1.165, 1.54) is 179 Å². The standard InChI is InChI=1S/C72H48N4.C60H39NS3/c1-7-19-67-61(13-1)62-14-2-8-20-68(62)74(67)58-43-31-52(32-44-58)49-25-37-55(38-26-49)73(56-39-27-50(28-40-56)53-33-45-59(46-34-53)75-69-21-9-3-15-63(69)64-16-4-10-22-70(64)75)57-41-29-51(30-42-57)54-35-47-60(48-36-54)76-71-23-11-5-17-65(71)66-18-6-12-24-72(66)76;1-4-13-52-49(10-1)46(31-34-55(52)58-16-7-37-62-58)40-19-25-43(26-20-40)61(44-27-21-41(22-28-44)47-32-35-56(59-17-8-38-63-59)53-14-5-2-11-50(47)53)45-29-23-42(24-30-45)48-33-36-57(60-18-9-39-64-60)54-15-6-3-12-51(48)54/h1-48H;1-39H. The molecule has 0 saturated carbocycles. The Labute approximate surface area is 823 Å². The minimum atomic E-state index is 1.08. The summed E-state index contributed by atoms with van der Waals surface area (Å²) in [5.41, 5.74) is 35.4. The number of anilines is 6. The highest BCUT2D eigenvalue weighted by Gasteiger charge is 2.23. The van der Waals surface area contributed by atoms with Crippen molar-refractivity contribution in [3.8, 4) is 115 Å². The van der Waals surface area contributed by atoms with Crippen molar-refractivity contribution in [2.24, 2.45) is 0 Å². The highest BCUT2D eigenvalue weighted by atomic mass is 32.1. The molecule has 0 amide bonds. The van der Waals surface area contributed by atoms with Crippen molar-refractivity contribution < 1.29 is 0 Å². The zero-order valence-electron chi connectivity index (χ0n) is 76.2. The first-order chi connectivity index (χ1) is 69.4. The fraction of sp³-hybridized carbons (Fsp3) is 0. The Hall–Kier alpha value is -17.5. The molecule has 8 heteroatoms. The summed E-state index contributed by atoms with van der Waals surface area (Å²) in [4.78, 5) is 8.61. The Morgan fingerprint density at radius 1 is 0.129 bits per heavy atom. The summed E-state index contributed by atoms with van der Waals surface area (Å²) in [6.07, 6.45) is 0. The molecule has 0 fully saturated rings. The third-order valence-electron chi connectivity index (χ3n) is 27.9. The van der Waals surface area contributed by atoms with E-state index in [2.05, 4.69) is 549 Å². The minimum absolute atomic E-state index is 1.08. The van der Waals surface area contributed by atoms with Gasteiger partial charge in [-0.05, 0) is 296 Å². The second-order valence-corrected chi connectivity index (χ2v) is 38.6. The van der Waals surface area contributed by atoms with Crippen LogP contribution in [0.5, 0.6) is 0 Å². The first-order valence-electron chi connectivity index (χ1n) is 47.6. The van der Waals surface area contributed by atoms with Crippen LogP contribution in [0.2, 0.25) is 0 Å². The maximum absolute atomic E-state index is 2.38. The molecule has 27 rings (SSSR count). The Morgan fingerprint density at radius 2 is 0.293 bits per heavy atom. The molecule has 27 aromatic rings. The number of rotatable bonds is 18. The molecule has 140 heavy (non-hydrogen) atoms. The van der Waals surface area contributed by atoms with Crippen LogP contribution in [-0.4, -0.2) is 13.7 Å². The Balaban J connectivity index is 0.000000146. The quantitative estimate of drug-likeness (QED) is 0.0854. The first kappa shape index (κ1) is 83.1. The molecule has 0 bridgehead atoms. The van der Waals surface area contributed by atoms with Gasteiger partial charge in [-0.25, -0.2) is 0 Å². The van der Waals surface area contributed by atoms with Crippen LogP contribution in [0.15, 0.2) is 526 Å². The average molecular weight is 1840 g/mol. The van der Waals surface area contributed by atoms with E-state index in [4.69, 9.17) is 0 Å². The van der Waals surface area contributed by atoms with Gasteiger partial charge in [0.1, 0.15) is 0 Å². The monoisotopic (exact) mass is 1840 g/mol. The number of thiophene rings is 3. The normalized spacial score (nSPS) is 11.6. The van der Waals surface area contributed by atoms with Crippen LogP contribution in [0.1, 0.15) is 0 Å². The maximum Gasteiger partial charge on any atom is 0.0541 e. The number of benzene rings is 21. The zero-order valence-corrected chi connectivity index (χ0v) is 78.6. The largest absolute Gasteiger partial charge is 0.311 e. The van der Waals surface area contributed by atoms with E-state index in [9.17, 15) is 0 Å². The van der Waals surface area contributed by atoms with Crippen LogP contribution in [0.25, 0.3) is 213 Å². The van der Waals surface area contributed by atoms with Gasteiger partial charge in [0, 0.05) is 98.1 Å². The van der Waals surface area contributed by atoms with E-state index in [1.54, 1.807) is 34.0 Å². The molecule has 0 atom stereocenters. The van der Waals surface area contributed by atoms with Crippen molar-refractivity contribution in [3.05, 3.63) is 526 Å². The number of nitrogens with zero attached hydrogens (tertiary/aromatic N) is 5. The second-order valence-electron chi connectivity index (χ2n) is 35.8. The summed E-state index contributed by atoms with van der Waals surface area (Å²) in [6.45, 7) is 0. The molecule has 658 valence electrons. The smallest absolute Gasteiger partial charge is 0.0541 e. The Bertz CT molecular complexity index is 8260. The second kappa shape index (κ2) is 35.6. The minimum Gasteiger partial charge on any atom is -0.311 e. The van der Waals surface area contributed by atoms with Crippen molar-refractivity contribution in [2.45, 2.75) is 0 Å². The predicted molar refractivity (Wildman–Crippen MR) is 600 cm³/mol. The van der Waals surface area contributed by atoms with Crippen molar-refractivity contribution >= 4 is 166 Å². The van der Waals surface area contributed by atoms with Crippen molar-refractivity contribution in [3.63, 3.8) is 0 Å². The molecule has 0 aliphatic rings. The van der Waals surface area contributed by atoms with Gasteiger partial charge in [0.15, 0.2) is 0 Å². The molecule has 0 radical (unpaired) electrons. The van der Waals surface area contributed by atoms with Crippen LogP contribution < -0.4 is 9.80 Å². The highest BCUT2D eigenvalue weighted by molar-refractivity contribution is 7.14. The first-order valence-corrected chi connectivity index (χ1v) is 50.2. The molecule has 0 unspecified atom stereocenters. The molecular weight excluding hydrogens is 1750 g/mol. The summed E-state index contributed by atoms with van der Waals surface area (Å²) in [6, 6.07) is 186. The van der Waals surface area contributed by atoms with E-state index in [0.717, 1.165) is 67.9 Å². The van der Waals surface area contributed by atoms with Crippen molar-refractivity contribution in [1.82, 2.24) is 13.7 Å². The number of aromatic nitrogens is 3. The topological polar surface area (TPSA) is 21.3 Å². The number of hydrogen-bond acceptors (Lipinski definition) is 5. The SMILES string of the molecule is c1ccc2c(c1)c1ccccc1n2-c1ccc(-c2ccc(N(c3ccc(-c4ccc(-n5c6ccccc6c6ccccc65)cc4)cc3)c3ccc(-c4ccc(-n5c6ccccc6c6ccccc65)cc4)cc3)cc2)cc1.c1csc(-c2ccc(-c3ccc(N(c4ccc(-c5ccc(-c6cccs6)c6ccccc56)cc4)c4ccc(-c5ccc(-c6cccs6)c6ccccc56)cc4)cc3)c3ccccc23)c1. The van der Waals surface area contributed by atoms with Gasteiger partial charge in [0.2, 0.25) is 0 Å². The zero-order chi connectivity index (χ0) is 92.5. The van der Waals surface area contributed by atoms with Gasteiger partial charge in [-0.15, -0.1) is 34.0 Å². The van der Waals surface area contributed by atoms with E-state index in [0.29, 0.717) is 0 Å². The summed E-state index contributed by atoms with van der Waals surface area (Å²) < 4.78 is 7.11. The Morgan fingerprint density at radius 3 is 0.486 bits per heavy atom. The van der Waals surface area contributed by atoms with Crippen molar-refractivity contribution in [2.75, 3.05) is 9.80 Å². The van der Waals surface area contributed by atoms with Gasteiger partial charge in [0.05, 0.1) is 33.1 Å². The van der Waals surface area contributed by atoms with Gasteiger partial charge in [-0.3, -0.25) is 0 Å². The molecule has 6 aromatic heterocycles. The summed E-state index contributed by atoms with van der Waals surface area (Å²) in [7, 11) is 0. The lowest BCUT2D eigenvalue weighted by atomic mass is 9.93. The van der Waals surface area contributed by atoms with E-state index >= 15 is 0 Å². The Kier molecular flexibility index (Phi) is 21.2. The van der Waals surface area contributed by atoms with Crippen LogP contribution in [-0.2, 0) is 0 Å². The van der Waals surface area contributed by atoms with Gasteiger partial charge in [-0.2, -0.15) is 0 Å². The van der Waals surface area contributed by atoms with Gasteiger partial charge < -0.3 is 23.5 Å². The molecule has 0 aliphatic carbocycles. The summed E-state index contributed by atoms with van der Waals surface area (Å²) in [5, 5.41) is 21.7. The number of hydrogen-bond donors (Lipinski definition) is 0. The highest BCUT2D eigenvalue weighted by Crippen LogP contribution is 2.48. The van der Waals surface area contributed by atoms with Crippen LogP contribution in [0.3, 0.4) is 0 Å². The van der Waals surface area contributed by atoms with Crippen LogP contribution in [0.4, 0.5) is 34.1 Å². The third kappa shape index (κ3) is 14.9. The van der Waals surface area contributed by atoms with Crippen molar-refractivity contribution in [1.29, 1.82) is 0 Å². The molecule has 0 saturated heterocycles. The van der Waals surface area contributed by atoms with E-state index < -0.39 is 0 Å². The van der Waals surface area contributed by atoms with Gasteiger partial charge >= 0.3 is 0 Å². The lowest BCUT2D eigenvalue weighted by Crippen LogP contribution is -2.09. The van der Waals surface area contributed by atoms with E-state index in [1.807, 2.05) is 0 Å². The van der Waals surface area contributed by atoms with Gasteiger partial charge in [-0.1, -0.05) is 346 Å². The lowest BCUT2D eigenvalue weighted by Gasteiger charge is -2.26. The average Bonchev–Trinajstić information content (AvgIpc) is 1.60. The molecular formula is C132H87N5S3. The maximum atomic E-state index is 2.38. The van der Waals surface area contributed by atoms with Gasteiger partial charge in [0.25, 0.3) is 0 Å².